The maximum atomic E-state index is 13.2. The minimum Gasteiger partial charge on any atom is -0.300 e. The summed E-state index contributed by atoms with van der Waals surface area (Å²) in [5.41, 5.74) is 1.98. The van der Waals surface area contributed by atoms with Gasteiger partial charge in [-0.2, -0.15) is 0 Å². The Kier molecular flexibility index (Phi) is 5.89. The topological polar surface area (TPSA) is 85.6 Å². The molecule has 4 aromatic rings. The third kappa shape index (κ3) is 4.74. The molecule has 7 nitrogen and oxygen atoms in total. The number of amides is 1. The van der Waals surface area contributed by atoms with Crippen LogP contribution in [0, 0.1) is 12.7 Å². The summed E-state index contributed by atoms with van der Waals surface area (Å²) in [5, 5.41) is 14.9. The minimum absolute atomic E-state index is 0.282. The first-order valence-electron chi connectivity index (χ1n) is 9.37. The van der Waals surface area contributed by atoms with Crippen LogP contribution in [0.3, 0.4) is 0 Å². The lowest BCUT2D eigenvalue weighted by molar-refractivity contribution is -0.119. The second kappa shape index (κ2) is 8.91. The van der Waals surface area contributed by atoms with Gasteiger partial charge in [0, 0.05) is 23.9 Å². The molecule has 0 bridgehead atoms. The molecule has 1 atom stereocenters. The highest BCUT2D eigenvalue weighted by molar-refractivity contribution is 7.15. The van der Waals surface area contributed by atoms with E-state index in [0.29, 0.717) is 17.4 Å². The van der Waals surface area contributed by atoms with E-state index in [0.717, 1.165) is 16.9 Å². The normalized spacial score (nSPS) is 11.9. The van der Waals surface area contributed by atoms with E-state index in [-0.39, 0.29) is 11.7 Å². The molecule has 152 valence electrons. The van der Waals surface area contributed by atoms with Crippen molar-refractivity contribution in [1.82, 2.24) is 25.2 Å². The first-order chi connectivity index (χ1) is 14.6. The summed E-state index contributed by atoms with van der Waals surface area (Å²) in [6.07, 6.45) is 2.84. The van der Waals surface area contributed by atoms with Crippen LogP contribution in [0.5, 0.6) is 0 Å². The summed E-state index contributed by atoms with van der Waals surface area (Å²) in [5.74, 6) is -0.0939. The van der Waals surface area contributed by atoms with E-state index in [1.165, 1.54) is 33.7 Å². The van der Waals surface area contributed by atoms with Crippen LogP contribution in [0.2, 0.25) is 0 Å². The largest absolute Gasteiger partial charge is 0.300 e. The third-order valence-electron chi connectivity index (χ3n) is 4.60. The summed E-state index contributed by atoms with van der Waals surface area (Å²) in [4.78, 5) is 18.4. The van der Waals surface area contributed by atoms with Crippen molar-refractivity contribution in [2.24, 2.45) is 0 Å². The number of benzene rings is 2. The molecule has 0 aliphatic carbocycles. The molecule has 0 aliphatic rings. The van der Waals surface area contributed by atoms with Gasteiger partial charge < -0.3 is 5.32 Å². The molecule has 0 spiro atoms. The number of hydrogen-bond acceptors (Lipinski definition) is 6. The Morgan fingerprint density at radius 2 is 1.90 bits per heavy atom. The van der Waals surface area contributed by atoms with Crippen molar-refractivity contribution in [1.29, 1.82) is 0 Å². The van der Waals surface area contributed by atoms with Gasteiger partial charge in [0.1, 0.15) is 17.7 Å². The van der Waals surface area contributed by atoms with Gasteiger partial charge in [-0.1, -0.05) is 42.5 Å². The number of nitrogens with one attached hydrogen (secondary N) is 1. The number of hydrogen-bond donors (Lipinski definition) is 1. The van der Waals surface area contributed by atoms with Crippen molar-refractivity contribution in [3.8, 4) is 0 Å². The van der Waals surface area contributed by atoms with Gasteiger partial charge in [0.05, 0.1) is 0 Å². The van der Waals surface area contributed by atoms with Gasteiger partial charge in [-0.25, -0.2) is 14.1 Å². The maximum Gasteiger partial charge on any atom is 0.251 e. The number of aromatic nitrogens is 5. The van der Waals surface area contributed by atoms with Crippen LogP contribution >= 0.6 is 11.3 Å². The fraction of sp³-hybridized carbons (Fsp3) is 0.190. The lowest BCUT2D eigenvalue weighted by Crippen LogP contribution is -2.29. The second-order valence-electron chi connectivity index (χ2n) is 6.80. The predicted octanol–water partition coefficient (Wildman–Crippen LogP) is 3.59. The Balaban J connectivity index is 1.50. The zero-order chi connectivity index (χ0) is 20.9. The molecule has 1 amide bonds. The van der Waals surface area contributed by atoms with E-state index in [1.54, 1.807) is 25.3 Å². The third-order valence-corrected chi connectivity index (χ3v) is 5.52. The Labute approximate surface area is 176 Å². The van der Waals surface area contributed by atoms with Crippen molar-refractivity contribution >= 4 is 22.4 Å². The highest BCUT2D eigenvalue weighted by Crippen LogP contribution is 2.23. The Morgan fingerprint density at radius 1 is 1.13 bits per heavy atom. The van der Waals surface area contributed by atoms with E-state index in [4.69, 9.17) is 0 Å². The molecule has 0 saturated carbocycles. The minimum atomic E-state index is -0.688. The van der Waals surface area contributed by atoms with Gasteiger partial charge in [-0.05, 0) is 40.6 Å². The molecule has 1 unspecified atom stereocenters. The van der Waals surface area contributed by atoms with Gasteiger partial charge in [-0.3, -0.25) is 4.79 Å². The lowest BCUT2D eigenvalue weighted by Gasteiger charge is -2.16. The zero-order valence-electron chi connectivity index (χ0n) is 16.2. The maximum absolute atomic E-state index is 13.2. The molecule has 0 fully saturated rings. The second-order valence-corrected chi connectivity index (χ2v) is 7.92. The Hall–Kier alpha value is -3.46. The molecular formula is C21H19FN6OS. The number of anilines is 1. The van der Waals surface area contributed by atoms with Crippen LogP contribution in [0.25, 0.3) is 0 Å². The van der Waals surface area contributed by atoms with Gasteiger partial charge in [-0.15, -0.1) is 16.4 Å². The Bertz CT molecular complexity index is 1130. The van der Waals surface area contributed by atoms with Crippen LogP contribution in [-0.2, 0) is 17.6 Å². The number of tetrazole rings is 1. The van der Waals surface area contributed by atoms with Crippen LogP contribution in [-0.4, -0.2) is 31.1 Å². The summed E-state index contributed by atoms with van der Waals surface area (Å²) >= 11 is 1.43. The predicted molar refractivity (Wildman–Crippen MR) is 112 cm³/mol. The Morgan fingerprint density at radius 3 is 2.60 bits per heavy atom. The highest BCUT2D eigenvalue weighted by atomic mass is 32.1. The number of carbonyl (C=O) groups is 1. The van der Waals surface area contributed by atoms with Gasteiger partial charge in [0.25, 0.3) is 5.91 Å². The summed E-state index contributed by atoms with van der Waals surface area (Å²) in [6, 6.07) is 15.4. The standard InChI is InChI=1S/C21H19FN6OS/c1-14-25-26-27-28(14)19(12-16-7-9-17(22)10-8-16)20(29)24-21-23-13-18(30-21)11-15-5-3-2-4-6-15/h2-10,13,19H,11-12H2,1H3,(H,23,24,29). The molecule has 0 aliphatic heterocycles. The molecule has 9 heteroatoms. The average molecular weight is 422 g/mol. The van der Waals surface area contributed by atoms with Gasteiger partial charge in [0.2, 0.25) is 0 Å². The monoisotopic (exact) mass is 422 g/mol. The van der Waals surface area contributed by atoms with Gasteiger partial charge in [0.15, 0.2) is 5.13 Å². The highest BCUT2D eigenvalue weighted by Gasteiger charge is 2.25. The molecule has 2 aromatic heterocycles. The molecule has 0 saturated heterocycles. The van der Waals surface area contributed by atoms with Crippen molar-refractivity contribution < 1.29 is 9.18 Å². The average Bonchev–Trinajstić information content (AvgIpc) is 3.37. The fourth-order valence-electron chi connectivity index (χ4n) is 3.09. The number of carbonyl (C=O) groups excluding carboxylic acids is 1. The molecular weight excluding hydrogens is 403 g/mol. The summed E-state index contributed by atoms with van der Waals surface area (Å²) in [7, 11) is 0. The summed E-state index contributed by atoms with van der Waals surface area (Å²) in [6.45, 7) is 1.73. The SMILES string of the molecule is Cc1nnnn1C(Cc1ccc(F)cc1)C(=O)Nc1ncc(Cc2ccccc2)s1. The molecule has 1 N–H and O–H groups in total. The van der Waals surface area contributed by atoms with Crippen LogP contribution < -0.4 is 5.32 Å². The first-order valence-corrected chi connectivity index (χ1v) is 10.2. The van der Waals surface area contributed by atoms with E-state index in [2.05, 4.69) is 38.0 Å². The quantitative estimate of drug-likeness (QED) is 0.492. The number of rotatable bonds is 7. The van der Waals surface area contributed by atoms with Gasteiger partial charge >= 0.3 is 0 Å². The van der Waals surface area contributed by atoms with Crippen molar-refractivity contribution in [2.75, 3.05) is 5.32 Å². The van der Waals surface area contributed by atoms with E-state index in [1.807, 2.05) is 18.2 Å². The number of halogens is 1. The fourth-order valence-corrected chi connectivity index (χ4v) is 3.94. The number of aryl methyl sites for hydroxylation is 1. The van der Waals surface area contributed by atoms with E-state index >= 15 is 0 Å². The van der Waals surface area contributed by atoms with Crippen LogP contribution in [0.1, 0.15) is 27.9 Å². The first kappa shape index (κ1) is 19.8. The molecule has 2 aromatic carbocycles. The van der Waals surface area contributed by atoms with E-state index < -0.39 is 6.04 Å². The summed E-state index contributed by atoms with van der Waals surface area (Å²) < 4.78 is 14.7. The molecule has 0 radical (unpaired) electrons. The smallest absolute Gasteiger partial charge is 0.251 e. The van der Waals surface area contributed by atoms with Crippen LogP contribution in [0.15, 0.2) is 60.8 Å². The van der Waals surface area contributed by atoms with Crippen molar-refractivity contribution in [3.05, 3.63) is 88.4 Å². The van der Waals surface area contributed by atoms with Crippen molar-refractivity contribution in [2.45, 2.75) is 25.8 Å². The number of thiazole rings is 1. The van der Waals surface area contributed by atoms with Crippen LogP contribution in [0.4, 0.5) is 9.52 Å². The number of nitrogens with zero attached hydrogens (tertiary/aromatic N) is 5. The molecule has 4 rings (SSSR count). The molecule has 30 heavy (non-hydrogen) atoms. The molecule has 2 heterocycles. The lowest BCUT2D eigenvalue weighted by atomic mass is 10.1. The zero-order valence-corrected chi connectivity index (χ0v) is 17.0. The van der Waals surface area contributed by atoms with Crippen molar-refractivity contribution in [3.63, 3.8) is 0 Å². The van der Waals surface area contributed by atoms with E-state index in [9.17, 15) is 9.18 Å².